The zero-order chi connectivity index (χ0) is 34.3. The normalized spacial score (nSPS) is 38.1. The topological polar surface area (TPSA) is 163 Å². The van der Waals surface area contributed by atoms with Crippen LogP contribution >= 0.6 is 0 Å². The van der Waals surface area contributed by atoms with Crippen LogP contribution in [0, 0.1) is 74.9 Å². The molecule has 0 saturated heterocycles. The minimum absolute atomic E-state index is 0.0627. The molecule has 9 nitrogen and oxygen atoms in total. The van der Waals surface area contributed by atoms with Crippen LogP contribution in [-0.2, 0) is 35.8 Å². The third kappa shape index (κ3) is 5.94. The van der Waals surface area contributed by atoms with Crippen LogP contribution < -0.4 is 5.73 Å². The van der Waals surface area contributed by atoms with E-state index >= 15 is 0 Å². The molecule has 254 valence electrons. The molecule has 11 atom stereocenters. The third-order valence-corrected chi connectivity index (χ3v) is 13.6. The predicted molar refractivity (Wildman–Crippen MR) is 174 cm³/mol. The highest BCUT2D eigenvalue weighted by molar-refractivity contribution is 5.67. The monoisotopic (exact) mass is 645 g/mol. The summed E-state index contributed by atoms with van der Waals surface area (Å²) in [6.45, 7) is 10.0. The van der Waals surface area contributed by atoms with Gasteiger partial charge < -0.3 is 20.3 Å². The van der Waals surface area contributed by atoms with Gasteiger partial charge in [-0.2, -0.15) is 10.5 Å². The van der Waals surface area contributed by atoms with E-state index in [9.17, 15) is 30.0 Å². The maximum Gasteiger partial charge on any atom is 0.303 e. The Morgan fingerprint density at radius 2 is 1.66 bits per heavy atom. The Kier molecular flexibility index (Phi) is 9.82. The number of nitrogens with zero attached hydrogens (tertiary/aromatic N) is 2. The number of carbonyl (C=O) groups is 3. The summed E-state index contributed by atoms with van der Waals surface area (Å²) in [4.78, 5) is 36.8. The SMILES string of the molecule is CC(=O)O[C@H]1C[C@H]2[C@@H]([C@H](OC(C)=O)C[C@@H]3C[C@@](c4ccc(CN)cc4)(C(C#N)C#N)CC[C@@]32C)[C@@H]2CC[C@H]([C@H](C)CCC(=O)O)[C@@]12C. The van der Waals surface area contributed by atoms with E-state index in [1.807, 2.05) is 24.3 Å². The summed E-state index contributed by atoms with van der Waals surface area (Å²) in [6, 6.07) is 12.7. The van der Waals surface area contributed by atoms with Gasteiger partial charge in [-0.05, 0) is 97.5 Å². The zero-order valence-corrected chi connectivity index (χ0v) is 28.5. The van der Waals surface area contributed by atoms with E-state index in [1.54, 1.807) is 0 Å². The molecule has 4 aliphatic rings. The van der Waals surface area contributed by atoms with Crippen LogP contribution in [0.1, 0.15) is 104 Å². The van der Waals surface area contributed by atoms with Crippen molar-refractivity contribution >= 4 is 17.9 Å². The largest absolute Gasteiger partial charge is 0.481 e. The van der Waals surface area contributed by atoms with Crippen LogP contribution in [0.2, 0.25) is 0 Å². The minimum Gasteiger partial charge on any atom is -0.481 e. The molecule has 0 heterocycles. The Morgan fingerprint density at radius 1 is 1.00 bits per heavy atom. The minimum atomic E-state index is -0.841. The molecule has 9 heteroatoms. The van der Waals surface area contributed by atoms with Gasteiger partial charge in [-0.25, -0.2) is 0 Å². The molecule has 4 saturated carbocycles. The van der Waals surface area contributed by atoms with E-state index in [4.69, 9.17) is 15.2 Å². The van der Waals surface area contributed by atoms with E-state index in [0.717, 1.165) is 30.4 Å². The first-order valence-electron chi connectivity index (χ1n) is 17.4. The van der Waals surface area contributed by atoms with Crippen molar-refractivity contribution in [2.24, 2.45) is 58.0 Å². The molecule has 1 aromatic carbocycles. The van der Waals surface area contributed by atoms with Gasteiger partial charge >= 0.3 is 17.9 Å². The van der Waals surface area contributed by atoms with Gasteiger partial charge in [-0.1, -0.05) is 45.0 Å². The highest BCUT2D eigenvalue weighted by atomic mass is 16.5. The van der Waals surface area contributed by atoms with Gasteiger partial charge in [-0.3, -0.25) is 14.4 Å². The van der Waals surface area contributed by atoms with Crippen molar-refractivity contribution in [3.8, 4) is 12.1 Å². The Morgan fingerprint density at radius 3 is 2.23 bits per heavy atom. The summed E-state index contributed by atoms with van der Waals surface area (Å²) in [5.74, 6) is -1.64. The van der Waals surface area contributed by atoms with Crippen LogP contribution in [0.15, 0.2) is 24.3 Å². The molecular weight excluding hydrogens is 594 g/mol. The van der Waals surface area contributed by atoms with Gasteiger partial charge in [0.15, 0.2) is 0 Å². The van der Waals surface area contributed by atoms with E-state index < -0.39 is 17.3 Å². The lowest BCUT2D eigenvalue weighted by atomic mass is 9.40. The van der Waals surface area contributed by atoms with Gasteiger partial charge in [0.2, 0.25) is 0 Å². The van der Waals surface area contributed by atoms with Crippen LogP contribution in [0.3, 0.4) is 0 Å². The van der Waals surface area contributed by atoms with Crippen LogP contribution in [0.5, 0.6) is 0 Å². The lowest BCUT2D eigenvalue weighted by Gasteiger charge is -2.65. The first kappa shape index (κ1) is 34.9. The highest BCUT2D eigenvalue weighted by Gasteiger charge is 2.68. The Hall–Kier alpha value is -3.43. The van der Waals surface area contributed by atoms with Gasteiger partial charge in [0, 0.05) is 43.6 Å². The molecule has 0 aliphatic heterocycles. The molecule has 4 fully saturated rings. The predicted octanol–water partition coefficient (Wildman–Crippen LogP) is 6.29. The molecule has 1 aromatic rings. The van der Waals surface area contributed by atoms with Crippen molar-refractivity contribution in [2.45, 2.75) is 117 Å². The quantitative estimate of drug-likeness (QED) is 0.294. The summed E-state index contributed by atoms with van der Waals surface area (Å²) >= 11 is 0. The molecule has 4 aliphatic carbocycles. The molecule has 0 unspecified atom stereocenters. The smallest absolute Gasteiger partial charge is 0.303 e. The van der Waals surface area contributed by atoms with E-state index in [1.165, 1.54) is 13.8 Å². The van der Waals surface area contributed by atoms with E-state index in [-0.39, 0.29) is 76.9 Å². The third-order valence-electron chi connectivity index (χ3n) is 13.6. The Labute approximate surface area is 279 Å². The van der Waals surface area contributed by atoms with Crippen LogP contribution in [-0.4, -0.2) is 35.2 Å². The second-order valence-electron chi connectivity index (χ2n) is 15.6. The van der Waals surface area contributed by atoms with Crippen molar-refractivity contribution in [1.29, 1.82) is 10.5 Å². The number of rotatable bonds is 9. The van der Waals surface area contributed by atoms with Crippen molar-refractivity contribution < 1.29 is 29.0 Å². The average Bonchev–Trinajstić information content (AvgIpc) is 3.39. The first-order chi connectivity index (χ1) is 22.2. The maximum atomic E-state index is 12.7. The average molecular weight is 646 g/mol. The number of nitrogens with two attached hydrogens (primary N) is 1. The number of carboxylic acid groups (broad SMARTS) is 1. The Bertz CT molecular complexity index is 1430. The standard InChI is InChI=1S/C38H51N3O6/c1-22(6-13-34(44)45)29-11-12-30-35-31(17-33(37(29,30)5)47-24(3)43)36(4)14-15-38(28(20-40)21-41,26-9-7-25(19-39)8-10-26)18-27(36)16-32(35)46-23(2)42/h7-10,22,27-33,35H,6,11-19,39H2,1-5H3,(H,44,45)/t22-,27-,29-,30+,31+,32-,33+,35+,36+,37-,38+/m1/s1. The van der Waals surface area contributed by atoms with E-state index in [0.29, 0.717) is 38.6 Å². The summed E-state index contributed by atoms with van der Waals surface area (Å²) < 4.78 is 12.5. The van der Waals surface area contributed by atoms with Crippen molar-refractivity contribution in [1.82, 2.24) is 0 Å². The molecule has 5 rings (SSSR count). The van der Waals surface area contributed by atoms with Gasteiger partial charge in [-0.15, -0.1) is 0 Å². The lowest BCUT2D eigenvalue weighted by molar-refractivity contribution is -0.223. The summed E-state index contributed by atoms with van der Waals surface area (Å²) in [6.07, 6.45) is 5.14. The number of carbonyl (C=O) groups excluding carboxylic acids is 2. The number of ether oxygens (including phenoxy) is 2. The fourth-order valence-electron chi connectivity index (χ4n) is 11.3. The van der Waals surface area contributed by atoms with Gasteiger partial charge in [0.05, 0.1) is 12.1 Å². The molecule has 3 N–H and O–H groups in total. The van der Waals surface area contributed by atoms with Crippen molar-refractivity contribution in [3.05, 3.63) is 35.4 Å². The van der Waals surface area contributed by atoms with Crippen LogP contribution in [0.25, 0.3) is 0 Å². The summed E-state index contributed by atoms with van der Waals surface area (Å²) in [5, 5.41) is 30.0. The number of nitriles is 2. The molecular formula is C38H51N3O6. The molecule has 0 bridgehead atoms. The number of carboxylic acids is 1. The van der Waals surface area contributed by atoms with Gasteiger partial charge in [0.25, 0.3) is 0 Å². The Balaban J connectivity index is 1.57. The second-order valence-corrected chi connectivity index (χ2v) is 15.6. The molecule has 0 radical (unpaired) electrons. The number of hydrogen-bond donors (Lipinski definition) is 2. The zero-order valence-electron chi connectivity index (χ0n) is 28.5. The van der Waals surface area contributed by atoms with Crippen molar-refractivity contribution in [3.63, 3.8) is 0 Å². The lowest BCUT2D eigenvalue weighted by Crippen LogP contribution is -2.64. The number of fused-ring (bicyclic) bond motifs is 5. The van der Waals surface area contributed by atoms with Crippen LogP contribution in [0.4, 0.5) is 0 Å². The number of esters is 2. The molecule has 0 amide bonds. The molecule has 0 aromatic heterocycles. The molecule has 0 spiro atoms. The van der Waals surface area contributed by atoms with Crippen molar-refractivity contribution in [2.75, 3.05) is 0 Å². The highest BCUT2D eigenvalue weighted by Crippen LogP contribution is 2.71. The second kappa shape index (κ2) is 13.2. The first-order valence-corrected chi connectivity index (χ1v) is 17.4. The van der Waals surface area contributed by atoms with Gasteiger partial charge in [0.1, 0.15) is 18.1 Å². The summed E-state index contributed by atoms with van der Waals surface area (Å²) in [5.41, 5.74) is 6.59. The molecule has 47 heavy (non-hydrogen) atoms. The number of hydrogen-bond acceptors (Lipinski definition) is 8. The fourth-order valence-corrected chi connectivity index (χ4v) is 11.3. The summed E-state index contributed by atoms with van der Waals surface area (Å²) in [7, 11) is 0. The number of aliphatic carboxylic acids is 1. The fraction of sp³-hybridized carbons (Fsp3) is 0.711. The maximum absolute atomic E-state index is 12.7. The number of benzene rings is 1. The van der Waals surface area contributed by atoms with E-state index in [2.05, 4.69) is 32.9 Å².